The molecule has 1 aromatic heterocycles. The van der Waals surface area contributed by atoms with Crippen molar-refractivity contribution in [1.29, 1.82) is 0 Å². The third-order valence-electron chi connectivity index (χ3n) is 3.53. The highest BCUT2D eigenvalue weighted by molar-refractivity contribution is 5.91. The average Bonchev–Trinajstić information content (AvgIpc) is 2.42. The Kier molecular flexibility index (Phi) is 3.10. The lowest BCUT2D eigenvalue weighted by atomic mass is 10.1. The number of nitrogen functional groups attached to an aromatic ring is 1. The topological polar surface area (TPSA) is 73.4 Å². The van der Waals surface area contributed by atoms with Gasteiger partial charge in [0.2, 0.25) is 0 Å². The smallest absolute Gasteiger partial charge is 0.293 e. The number of anilines is 1. The second kappa shape index (κ2) is 4.79. The molecule has 2 atom stereocenters. The van der Waals surface area contributed by atoms with E-state index in [0.29, 0.717) is 5.39 Å². The molecular formula is C14H18N4O2. The Morgan fingerprint density at radius 2 is 1.80 bits per heavy atom. The van der Waals surface area contributed by atoms with Crippen LogP contribution in [0.3, 0.4) is 0 Å². The van der Waals surface area contributed by atoms with Crippen LogP contribution in [0.2, 0.25) is 0 Å². The number of hydrogen-bond acceptors (Lipinski definition) is 5. The lowest BCUT2D eigenvalue weighted by Crippen LogP contribution is -2.47. The maximum absolute atomic E-state index is 12.0. The number of aromatic nitrogens is 2. The van der Waals surface area contributed by atoms with Gasteiger partial charge in [-0.05, 0) is 19.9 Å². The van der Waals surface area contributed by atoms with Crippen LogP contribution in [0.4, 0.5) is 5.82 Å². The number of rotatable bonds is 1. The van der Waals surface area contributed by atoms with Crippen molar-refractivity contribution in [1.82, 2.24) is 9.89 Å². The van der Waals surface area contributed by atoms with Gasteiger partial charge < -0.3 is 15.5 Å². The normalized spacial score (nSPS) is 23.2. The molecule has 1 aromatic carbocycles. The molecule has 0 aliphatic carbocycles. The summed E-state index contributed by atoms with van der Waals surface area (Å²) in [5.74, 6) is 6.44. The zero-order chi connectivity index (χ0) is 14.3. The molecule has 2 heterocycles. The Morgan fingerprint density at radius 3 is 2.45 bits per heavy atom. The Labute approximate surface area is 116 Å². The summed E-state index contributed by atoms with van der Waals surface area (Å²) < 4.78 is 5.73. The van der Waals surface area contributed by atoms with Crippen molar-refractivity contribution >= 4 is 16.6 Å². The molecular weight excluding hydrogens is 256 g/mol. The van der Waals surface area contributed by atoms with Crippen LogP contribution in [0, 0.1) is 0 Å². The minimum absolute atomic E-state index is 0.123. The summed E-state index contributed by atoms with van der Waals surface area (Å²) in [7, 11) is 0. The summed E-state index contributed by atoms with van der Waals surface area (Å²) in [5.41, 5.74) is -0.279. The lowest BCUT2D eigenvalue weighted by Gasteiger charge is -2.36. The molecule has 0 amide bonds. The maximum atomic E-state index is 12.0. The van der Waals surface area contributed by atoms with E-state index in [1.165, 1.54) is 0 Å². The van der Waals surface area contributed by atoms with Gasteiger partial charge in [-0.25, -0.2) is 0 Å². The third-order valence-corrected chi connectivity index (χ3v) is 3.53. The van der Waals surface area contributed by atoms with Crippen LogP contribution in [-0.4, -0.2) is 35.2 Å². The quantitative estimate of drug-likeness (QED) is 0.776. The molecule has 1 fully saturated rings. The fraction of sp³-hybridized carbons (Fsp3) is 0.429. The highest BCUT2D eigenvalue weighted by Gasteiger charge is 2.25. The van der Waals surface area contributed by atoms with Crippen LogP contribution < -0.4 is 16.3 Å². The zero-order valence-corrected chi connectivity index (χ0v) is 11.6. The fourth-order valence-electron chi connectivity index (χ4n) is 2.77. The largest absolute Gasteiger partial charge is 0.372 e. The number of benzene rings is 1. The first kappa shape index (κ1) is 12.9. The molecule has 2 aromatic rings. The molecule has 20 heavy (non-hydrogen) atoms. The molecule has 6 heteroatoms. The Bertz CT molecular complexity index is 687. The van der Waals surface area contributed by atoms with Gasteiger partial charge in [0, 0.05) is 18.5 Å². The Hall–Kier alpha value is -2.08. The van der Waals surface area contributed by atoms with Gasteiger partial charge in [-0.15, -0.1) is 9.89 Å². The van der Waals surface area contributed by atoms with Gasteiger partial charge in [0.05, 0.1) is 17.6 Å². The van der Waals surface area contributed by atoms with E-state index in [4.69, 9.17) is 10.6 Å². The first-order valence-corrected chi connectivity index (χ1v) is 6.74. The van der Waals surface area contributed by atoms with E-state index in [-0.39, 0.29) is 17.8 Å². The monoisotopic (exact) mass is 274 g/mol. The molecule has 1 saturated heterocycles. The van der Waals surface area contributed by atoms with Gasteiger partial charge in [-0.2, -0.15) is 0 Å². The van der Waals surface area contributed by atoms with E-state index in [0.717, 1.165) is 29.1 Å². The average molecular weight is 274 g/mol. The van der Waals surface area contributed by atoms with Crippen LogP contribution >= 0.6 is 0 Å². The highest BCUT2D eigenvalue weighted by Crippen LogP contribution is 2.24. The first-order chi connectivity index (χ1) is 9.56. The summed E-state index contributed by atoms with van der Waals surface area (Å²) in [6, 6.07) is 7.42. The summed E-state index contributed by atoms with van der Waals surface area (Å²) >= 11 is 0. The molecule has 1 aliphatic rings. The van der Waals surface area contributed by atoms with Gasteiger partial charge in [0.25, 0.3) is 5.56 Å². The molecule has 0 spiro atoms. The summed E-state index contributed by atoms with van der Waals surface area (Å²) in [6.07, 6.45) is 0.245. The van der Waals surface area contributed by atoms with Crippen LogP contribution in [-0.2, 0) is 4.74 Å². The number of nitrogens with zero attached hydrogens (tertiary/aromatic N) is 3. The summed E-state index contributed by atoms with van der Waals surface area (Å²) in [5, 5.41) is 5.67. The van der Waals surface area contributed by atoms with Crippen LogP contribution in [0.5, 0.6) is 0 Å². The van der Waals surface area contributed by atoms with Crippen molar-refractivity contribution in [3.8, 4) is 0 Å². The molecule has 3 rings (SSSR count). The molecule has 0 radical (unpaired) electrons. The Morgan fingerprint density at radius 1 is 1.20 bits per heavy atom. The van der Waals surface area contributed by atoms with Gasteiger partial charge >= 0.3 is 0 Å². The molecule has 106 valence electrons. The van der Waals surface area contributed by atoms with Crippen molar-refractivity contribution in [2.45, 2.75) is 26.1 Å². The van der Waals surface area contributed by atoms with Gasteiger partial charge in [0.15, 0.2) is 5.82 Å². The SMILES string of the molecule is CC1CN(c2nn(N)c(=O)c3ccccc23)CC(C)O1. The van der Waals surface area contributed by atoms with Crippen molar-refractivity contribution in [3.05, 3.63) is 34.6 Å². The molecule has 0 bridgehead atoms. The Balaban J connectivity index is 2.16. The standard InChI is InChI=1S/C14H18N4O2/c1-9-7-17(8-10(2)20-9)13-11-5-3-4-6-12(11)14(19)18(15)16-13/h3-6,9-10H,7-8,15H2,1-2H3. The molecule has 2 unspecified atom stereocenters. The van der Waals surface area contributed by atoms with E-state index < -0.39 is 0 Å². The fourth-order valence-corrected chi connectivity index (χ4v) is 2.77. The van der Waals surface area contributed by atoms with Gasteiger partial charge in [-0.1, -0.05) is 18.2 Å². The predicted molar refractivity (Wildman–Crippen MR) is 78.4 cm³/mol. The molecule has 6 nitrogen and oxygen atoms in total. The second-order valence-corrected chi connectivity index (χ2v) is 5.28. The minimum Gasteiger partial charge on any atom is -0.372 e. The van der Waals surface area contributed by atoms with E-state index in [2.05, 4.69) is 10.00 Å². The second-order valence-electron chi connectivity index (χ2n) is 5.28. The van der Waals surface area contributed by atoms with E-state index in [1.807, 2.05) is 32.0 Å². The predicted octanol–water partition coefficient (Wildman–Crippen LogP) is 0.724. The molecule has 0 saturated carbocycles. The van der Waals surface area contributed by atoms with Crippen molar-refractivity contribution < 1.29 is 4.74 Å². The number of ether oxygens (including phenoxy) is 1. The molecule has 1 aliphatic heterocycles. The van der Waals surface area contributed by atoms with Crippen LogP contribution in [0.1, 0.15) is 13.8 Å². The summed E-state index contributed by atoms with van der Waals surface area (Å²) in [6.45, 7) is 5.53. The molecule has 2 N–H and O–H groups in total. The highest BCUT2D eigenvalue weighted by atomic mass is 16.5. The zero-order valence-electron chi connectivity index (χ0n) is 11.6. The van der Waals surface area contributed by atoms with Crippen molar-refractivity contribution in [3.63, 3.8) is 0 Å². The minimum atomic E-state index is -0.279. The number of hydrogen-bond donors (Lipinski definition) is 1. The number of nitrogens with two attached hydrogens (primary N) is 1. The van der Waals surface area contributed by atoms with Crippen molar-refractivity contribution in [2.75, 3.05) is 23.8 Å². The van der Waals surface area contributed by atoms with Crippen molar-refractivity contribution in [2.24, 2.45) is 0 Å². The number of morpholine rings is 1. The maximum Gasteiger partial charge on any atom is 0.293 e. The van der Waals surface area contributed by atoms with Crippen LogP contribution in [0.15, 0.2) is 29.1 Å². The summed E-state index contributed by atoms with van der Waals surface area (Å²) in [4.78, 5) is 15.1. The van der Waals surface area contributed by atoms with E-state index >= 15 is 0 Å². The van der Waals surface area contributed by atoms with Gasteiger partial charge in [0.1, 0.15) is 0 Å². The lowest BCUT2D eigenvalue weighted by molar-refractivity contribution is -0.00544. The van der Waals surface area contributed by atoms with E-state index in [9.17, 15) is 4.79 Å². The number of fused-ring (bicyclic) bond motifs is 1. The third kappa shape index (κ3) is 2.12. The van der Waals surface area contributed by atoms with Gasteiger partial charge in [-0.3, -0.25) is 4.79 Å². The van der Waals surface area contributed by atoms with Crippen LogP contribution in [0.25, 0.3) is 10.8 Å². The van der Waals surface area contributed by atoms with E-state index in [1.54, 1.807) is 6.07 Å². The first-order valence-electron chi connectivity index (χ1n) is 6.74.